The van der Waals surface area contributed by atoms with Crippen molar-refractivity contribution < 1.29 is 4.79 Å². The van der Waals surface area contributed by atoms with Gasteiger partial charge in [-0.2, -0.15) is 0 Å². The number of carbonyl (C=O) groups excluding carboxylic acids is 1. The molecule has 0 saturated heterocycles. The number of fused-ring (bicyclic) bond motifs is 1. The summed E-state index contributed by atoms with van der Waals surface area (Å²) in [5, 5.41) is 2.93. The lowest BCUT2D eigenvalue weighted by Gasteiger charge is -2.10. The van der Waals surface area contributed by atoms with Crippen LogP contribution < -0.4 is 5.32 Å². The van der Waals surface area contributed by atoms with Gasteiger partial charge >= 0.3 is 0 Å². The summed E-state index contributed by atoms with van der Waals surface area (Å²) in [5.41, 5.74) is 3.50. The summed E-state index contributed by atoms with van der Waals surface area (Å²) in [7, 11) is 0. The van der Waals surface area contributed by atoms with Crippen LogP contribution in [-0.4, -0.2) is 5.91 Å². The fraction of sp³-hybridized carbons (Fsp3) is 0.417. The standard InChI is InChI=1S/C12H14BrNO/c1-8(13)9-5-6-11-10(7-9)3-2-4-12(15)14-11/h5-8H,2-4H2,1H3,(H,14,15). The number of alkyl halides is 1. The second-order valence-corrected chi connectivity index (χ2v) is 5.31. The van der Waals surface area contributed by atoms with Crippen molar-refractivity contribution >= 4 is 27.5 Å². The van der Waals surface area contributed by atoms with E-state index in [4.69, 9.17) is 0 Å². The highest BCUT2D eigenvalue weighted by molar-refractivity contribution is 9.09. The third-order valence-corrected chi connectivity index (χ3v) is 3.24. The highest BCUT2D eigenvalue weighted by Crippen LogP contribution is 2.28. The van der Waals surface area contributed by atoms with Crippen LogP contribution in [0.2, 0.25) is 0 Å². The first-order valence-electron chi connectivity index (χ1n) is 5.23. The third kappa shape index (κ3) is 2.40. The maximum Gasteiger partial charge on any atom is 0.224 e. The fourth-order valence-corrected chi connectivity index (χ4v) is 2.13. The number of aryl methyl sites for hydroxylation is 1. The Hall–Kier alpha value is -0.830. The number of benzene rings is 1. The average Bonchev–Trinajstić information content (AvgIpc) is 2.37. The predicted molar refractivity (Wildman–Crippen MR) is 65.4 cm³/mol. The van der Waals surface area contributed by atoms with Gasteiger partial charge in [0, 0.05) is 16.9 Å². The molecule has 0 aliphatic carbocycles. The molecule has 1 aromatic rings. The van der Waals surface area contributed by atoms with Crippen LogP contribution in [0.5, 0.6) is 0 Å². The summed E-state index contributed by atoms with van der Waals surface area (Å²) >= 11 is 3.55. The van der Waals surface area contributed by atoms with Gasteiger partial charge in [0.1, 0.15) is 0 Å². The zero-order chi connectivity index (χ0) is 10.8. The first-order valence-corrected chi connectivity index (χ1v) is 6.15. The van der Waals surface area contributed by atoms with E-state index in [0.717, 1.165) is 18.5 Å². The molecular formula is C12H14BrNO. The van der Waals surface area contributed by atoms with Crippen molar-refractivity contribution in [1.82, 2.24) is 0 Å². The first-order chi connectivity index (χ1) is 7.16. The lowest BCUT2D eigenvalue weighted by molar-refractivity contribution is -0.116. The number of rotatable bonds is 1. The number of amides is 1. The van der Waals surface area contributed by atoms with Crippen molar-refractivity contribution in [2.75, 3.05) is 5.32 Å². The highest BCUT2D eigenvalue weighted by atomic mass is 79.9. The van der Waals surface area contributed by atoms with Gasteiger partial charge < -0.3 is 5.32 Å². The van der Waals surface area contributed by atoms with E-state index in [1.807, 2.05) is 6.07 Å². The Bertz CT molecular complexity index is 387. The van der Waals surface area contributed by atoms with Crippen molar-refractivity contribution in [2.45, 2.75) is 31.0 Å². The summed E-state index contributed by atoms with van der Waals surface area (Å²) in [5.74, 6) is 0.133. The van der Waals surface area contributed by atoms with Crippen LogP contribution in [0, 0.1) is 0 Å². The Morgan fingerprint density at radius 3 is 2.93 bits per heavy atom. The molecule has 0 fully saturated rings. The van der Waals surface area contributed by atoms with E-state index in [-0.39, 0.29) is 5.91 Å². The van der Waals surface area contributed by atoms with E-state index in [0.29, 0.717) is 11.2 Å². The molecule has 15 heavy (non-hydrogen) atoms. The van der Waals surface area contributed by atoms with Crippen LogP contribution in [0.3, 0.4) is 0 Å². The number of halogens is 1. The second kappa shape index (κ2) is 4.35. The van der Waals surface area contributed by atoms with Gasteiger partial charge in [-0.1, -0.05) is 28.1 Å². The normalized spacial score (nSPS) is 17.6. The summed E-state index contributed by atoms with van der Waals surface area (Å²) < 4.78 is 0. The summed E-state index contributed by atoms with van der Waals surface area (Å²) in [6.45, 7) is 2.11. The van der Waals surface area contributed by atoms with Gasteiger partial charge in [0.25, 0.3) is 0 Å². The van der Waals surface area contributed by atoms with Crippen molar-refractivity contribution in [2.24, 2.45) is 0 Å². The first kappa shape index (κ1) is 10.7. The van der Waals surface area contributed by atoms with E-state index in [2.05, 4.69) is 40.3 Å². The summed E-state index contributed by atoms with van der Waals surface area (Å²) in [6.07, 6.45) is 2.56. The number of carbonyl (C=O) groups is 1. The highest BCUT2D eigenvalue weighted by Gasteiger charge is 2.13. The smallest absolute Gasteiger partial charge is 0.224 e. The number of hydrogen-bond acceptors (Lipinski definition) is 1. The molecule has 0 radical (unpaired) electrons. The molecule has 1 aliphatic rings. The van der Waals surface area contributed by atoms with Gasteiger partial charge in [0.05, 0.1) is 0 Å². The second-order valence-electron chi connectivity index (χ2n) is 3.93. The number of hydrogen-bond donors (Lipinski definition) is 1. The molecule has 0 aromatic heterocycles. The Labute approximate surface area is 98.2 Å². The minimum Gasteiger partial charge on any atom is -0.326 e. The molecule has 1 N–H and O–H groups in total. The maximum absolute atomic E-state index is 11.3. The monoisotopic (exact) mass is 267 g/mol. The van der Waals surface area contributed by atoms with Crippen molar-refractivity contribution in [3.63, 3.8) is 0 Å². The van der Waals surface area contributed by atoms with Gasteiger partial charge in [0.15, 0.2) is 0 Å². The van der Waals surface area contributed by atoms with Crippen molar-refractivity contribution in [3.8, 4) is 0 Å². The molecule has 0 bridgehead atoms. The minimum atomic E-state index is 0.133. The van der Waals surface area contributed by atoms with Crippen LogP contribution in [0.4, 0.5) is 5.69 Å². The Kier molecular flexibility index (Phi) is 3.10. The lowest BCUT2D eigenvalue weighted by atomic mass is 10.0. The molecule has 0 saturated carbocycles. The minimum absolute atomic E-state index is 0.133. The molecular weight excluding hydrogens is 254 g/mol. The molecule has 1 amide bonds. The quantitative estimate of drug-likeness (QED) is 0.777. The van der Waals surface area contributed by atoms with Crippen LogP contribution in [0.15, 0.2) is 18.2 Å². The van der Waals surface area contributed by atoms with Crippen molar-refractivity contribution in [1.29, 1.82) is 0 Å². The average molecular weight is 268 g/mol. The van der Waals surface area contributed by atoms with Crippen LogP contribution >= 0.6 is 15.9 Å². The predicted octanol–water partition coefficient (Wildman–Crippen LogP) is 3.42. The van der Waals surface area contributed by atoms with Gasteiger partial charge in [-0.15, -0.1) is 0 Å². The van der Waals surface area contributed by atoms with E-state index < -0.39 is 0 Å². The van der Waals surface area contributed by atoms with Gasteiger partial charge in [-0.3, -0.25) is 4.79 Å². The number of anilines is 1. The van der Waals surface area contributed by atoms with Gasteiger partial charge in [-0.25, -0.2) is 0 Å². The Morgan fingerprint density at radius 2 is 2.20 bits per heavy atom. The SMILES string of the molecule is CC(Br)c1ccc2c(c1)CCCC(=O)N2. The van der Waals surface area contributed by atoms with Crippen LogP contribution in [0.1, 0.15) is 35.7 Å². The Morgan fingerprint density at radius 1 is 1.40 bits per heavy atom. The number of nitrogens with one attached hydrogen (secondary N) is 1. The molecule has 1 aromatic carbocycles. The molecule has 2 rings (SSSR count). The van der Waals surface area contributed by atoms with Crippen LogP contribution in [-0.2, 0) is 11.2 Å². The summed E-state index contributed by atoms with van der Waals surface area (Å²) in [6, 6.07) is 6.25. The topological polar surface area (TPSA) is 29.1 Å². The lowest BCUT2D eigenvalue weighted by Crippen LogP contribution is -2.09. The zero-order valence-corrected chi connectivity index (χ0v) is 10.3. The maximum atomic E-state index is 11.3. The van der Waals surface area contributed by atoms with E-state index in [1.54, 1.807) is 0 Å². The molecule has 80 valence electrons. The molecule has 1 aliphatic heterocycles. The zero-order valence-electron chi connectivity index (χ0n) is 8.72. The van der Waals surface area contributed by atoms with Gasteiger partial charge in [0.2, 0.25) is 5.91 Å². The molecule has 1 heterocycles. The van der Waals surface area contributed by atoms with Crippen molar-refractivity contribution in [3.05, 3.63) is 29.3 Å². The molecule has 3 heteroatoms. The molecule has 1 unspecified atom stereocenters. The third-order valence-electron chi connectivity index (χ3n) is 2.71. The summed E-state index contributed by atoms with van der Waals surface area (Å²) in [4.78, 5) is 11.7. The molecule has 1 atom stereocenters. The largest absolute Gasteiger partial charge is 0.326 e. The van der Waals surface area contributed by atoms with E-state index >= 15 is 0 Å². The van der Waals surface area contributed by atoms with E-state index in [1.165, 1.54) is 11.1 Å². The Balaban J connectivity index is 2.35. The van der Waals surface area contributed by atoms with Gasteiger partial charge in [-0.05, 0) is 37.0 Å². The van der Waals surface area contributed by atoms with E-state index in [9.17, 15) is 4.79 Å². The molecule has 2 nitrogen and oxygen atoms in total. The molecule has 0 spiro atoms. The fourth-order valence-electron chi connectivity index (χ4n) is 1.84. The van der Waals surface area contributed by atoms with Crippen LogP contribution in [0.25, 0.3) is 0 Å².